The summed E-state index contributed by atoms with van der Waals surface area (Å²) < 4.78 is 12.1. The predicted octanol–water partition coefficient (Wildman–Crippen LogP) is 7.20. The number of fused-ring (bicyclic) bond motifs is 1. The lowest BCUT2D eigenvalue weighted by Crippen LogP contribution is -2.07. The van der Waals surface area contributed by atoms with Gasteiger partial charge in [-0.25, -0.2) is 0 Å². The summed E-state index contributed by atoms with van der Waals surface area (Å²) in [5.74, 6) is 2.55. The van der Waals surface area contributed by atoms with E-state index < -0.39 is 0 Å². The standard InChI is InChI=1S/C25H27ClO3S/c1-28-20-12-13-21-22(16-20)30-25(18-6-4-2-3-5-7-18)23(21)24(27)17-8-10-19(11-9-17)29-15-14-26/h8-13,16,18H,2-7,14-15H2,1H3. The van der Waals surface area contributed by atoms with Crippen LogP contribution in [0.4, 0.5) is 0 Å². The van der Waals surface area contributed by atoms with Crippen molar-refractivity contribution >= 4 is 38.8 Å². The second-order valence-corrected chi connectivity index (χ2v) is 9.24. The Kier molecular flexibility index (Phi) is 6.96. The van der Waals surface area contributed by atoms with E-state index in [0.717, 1.165) is 40.0 Å². The first-order valence-corrected chi connectivity index (χ1v) is 12.0. The molecule has 0 N–H and O–H groups in total. The van der Waals surface area contributed by atoms with Gasteiger partial charge in [0.05, 0.1) is 13.0 Å². The Morgan fingerprint density at radius 2 is 1.73 bits per heavy atom. The van der Waals surface area contributed by atoms with E-state index in [1.54, 1.807) is 18.4 Å². The lowest BCUT2D eigenvalue weighted by molar-refractivity contribution is 0.103. The maximum absolute atomic E-state index is 13.7. The van der Waals surface area contributed by atoms with E-state index in [2.05, 4.69) is 6.07 Å². The molecule has 1 aliphatic rings. The number of hydrogen-bond acceptors (Lipinski definition) is 4. The highest BCUT2D eigenvalue weighted by Gasteiger charge is 2.26. The van der Waals surface area contributed by atoms with Crippen molar-refractivity contribution in [2.45, 2.75) is 44.4 Å². The predicted molar refractivity (Wildman–Crippen MR) is 125 cm³/mol. The minimum Gasteiger partial charge on any atom is -0.497 e. The van der Waals surface area contributed by atoms with Crippen LogP contribution >= 0.6 is 22.9 Å². The smallest absolute Gasteiger partial charge is 0.194 e. The third kappa shape index (κ3) is 4.50. The van der Waals surface area contributed by atoms with Gasteiger partial charge in [-0.05, 0) is 61.2 Å². The Labute approximate surface area is 187 Å². The van der Waals surface area contributed by atoms with E-state index in [-0.39, 0.29) is 5.78 Å². The van der Waals surface area contributed by atoms with Gasteiger partial charge in [-0.15, -0.1) is 22.9 Å². The van der Waals surface area contributed by atoms with Gasteiger partial charge in [0.25, 0.3) is 0 Å². The number of ether oxygens (including phenoxy) is 2. The molecule has 5 heteroatoms. The molecule has 1 fully saturated rings. The van der Waals surface area contributed by atoms with Gasteiger partial charge in [0.15, 0.2) is 5.78 Å². The molecule has 1 aliphatic carbocycles. The lowest BCUT2D eigenvalue weighted by Gasteiger charge is -2.15. The highest BCUT2D eigenvalue weighted by molar-refractivity contribution is 7.19. The van der Waals surface area contributed by atoms with Crippen LogP contribution in [0, 0.1) is 0 Å². The molecular formula is C25H27ClO3S. The number of alkyl halides is 1. The molecule has 0 amide bonds. The zero-order valence-corrected chi connectivity index (χ0v) is 18.9. The molecule has 158 valence electrons. The Morgan fingerprint density at radius 1 is 1.03 bits per heavy atom. The van der Waals surface area contributed by atoms with Crippen molar-refractivity contribution in [3.8, 4) is 11.5 Å². The second kappa shape index (κ2) is 9.84. The normalized spacial score (nSPS) is 15.1. The molecular weight excluding hydrogens is 416 g/mol. The molecule has 0 bridgehead atoms. The van der Waals surface area contributed by atoms with E-state index in [1.807, 2.05) is 36.4 Å². The van der Waals surface area contributed by atoms with E-state index in [1.165, 1.54) is 30.6 Å². The summed E-state index contributed by atoms with van der Waals surface area (Å²) in [4.78, 5) is 14.9. The molecule has 1 saturated carbocycles. The third-order valence-electron chi connectivity index (χ3n) is 5.84. The number of carbonyl (C=O) groups is 1. The number of halogens is 1. The van der Waals surface area contributed by atoms with Crippen molar-refractivity contribution in [2.75, 3.05) is 19.6 Å². The van der Waals surface area contributed by atoms with E-state index in [9.17, 15) is 4.79 Å². The molecule has 0 spiro atoms. The monoisotopic (exact) mass is 442 g/mol. The summed E-state index contributed by atoms with van der Waals surface area (Å²) in [6.07, 6.45) is 7.39. The Hall–Kier alpha value is -2.04. The SMILES string of the molecule is COc1ccc2c(C(=O)c3ccc(OCCCl)cc3)c(C3CCCCCC3)sc2c1. The molecule has 1 aromatic heterocycles. The molecule has 1 heterocycles. The number of methoxy groups -OCH3 is 1. The van der Waals surface area contributed by atoms with Crippen molar-refractivity contribution in [1.29, 1.82) is 0 Å². The Morgan fingerprint density at radius 3 is 2.40 bits per heavy atom. The first-order chi connectivity index (χ1) is 14.7. The first-order valence-electron chi connectivity index (χ1n) is 10.6. The zero-order valence-electron chi connectivity index (χ0n) is 17.3. The highest BCUT2D eigenvalue weighted by atomic mass is 35.5. The summed E-state index contributed by atoms with van der Waals surface area (Å²) in [6.45, 7) is 0.456. The van der Waals surface area contributed by atoms with Crippen LogP contribution in [0.15, 0.2) is 42.5 Å². The van der Waals surface area contributed by atoms with E-state index in [0.29, 0.717) is 24.0 Å². The molecule has 3 aromatic rings. The van der Waals surface area contributed by atoms with Crippen molar-refractivity contribution in [1.82, 2.24) is 0 Å². The van der Waals surface area contributed by atoms with E-state index in [4.69, 9.17) is 21.1 Å². The fourth-order valence-electron chi connectivity index (χ4n) is 4.29. The fourth-order valence-corrected chi connectivity index (χ4v) is 5.77. The second-order valence-electron chi connectivity index (χ2n) is 7.78. The molecule has 0 aliphatic heterocycles. The summed E-state index contributed by atoms with van der Waals surface area (Å²) in [6, 6.07) is 13.5. The van der Waals surface area contributed by atoms with Crippen LogP contribution in [0.3, 0.4) is 0 Å². The van der Waals surface area contributed by atoms with Crippen LogP contribution in [0.25, 0.3) is 10.1 Å². The largest absolute Gasteiger partial charge is 0.497 e. The van der Waals surface area contributed by atoms with Gasteiger partial charge in [-0.2, -0.15) is 0 Å². The summed E-state index contributed by atoms with van der Waals surface area (Å²) in [7, 11) is 1.68. The minimum absolute atomic E-state index is 0.0922. The van der Waals surface area contributed by atoms with Crippen LogP contribution < -0.4 is 9.47 Å². The minimum atomic E-state index is 0.0922. The maximum atomic E-state index is 13.7. The van der Waals surface area contributed by atoms with Crippen molar-refractivity contribution in [2.24, 2.45) is 0 Å². The zero-order chi connectivity index (χ0) is 20.9. The van der Waals surface area contributed by atoms with Gasteiger partial charge in [-0.1, -0.05) is 25.7 Å². The van der Waals surface area contributed by atoms with Crippen LogP contribution in [0.2, 0.25) is 0 Å². The van der Waals surface area contributed by atoms with Crippen molar-refractivity contribution < 1.29 is 14.3 Å². The van der Waals surface area contributed by atoms with E-state index >= 15 is 0 Å². The average molecular weight is 443 g/mol. The van der Waals surface area contributed by atoms with Gasteiger partial charge in [0, 0.05) is 26.1 Å². The topological polar surface area (TPSA) is 35.5 Å². The van der Waals surface area contributed by atoms with Crippen LogP contribution in [0.1, 0.15) is 65.2 Å². The molecule has 0 unspecified atom stereocenters. The van der Waals surface area contributed by atoms with Gasteiger partial charge in [0.2, 0.25) is 0 Å². The third-order valence-corrected chi connectivity index (χ3v) is 7.31. The first kappa shape index (κ1) is 21.2. The maximum Gasteiger partial charge on any atom is 0.194 e. The number of ketones is 1. The van der Waals surface area contributed by atoms with Gasteiger partial charge in [-0.3, -0.25) is 4.79 Å². The van der Waals surface area contributed by atoms with Crippen LogP contribution in [0.5, 0.6) is 11.5 Å². The van der Waals surface area contributed by atoms with Crippen LogP contribution in [-0.4, -0.2) is 25.4 Å². The number of benzene rings is 2. The van der Waals surface area contributed by atoms with Crippen molar-refractivity contribution in [3.05, 3.63) is 58.5 Å². The number of hydrogen-bond donors (Lipinski definition) is 0. The number of carbonyl (C=O) groups excluding carboxylic acids is 1. The molecule has 2 aromatic carbocycles. The molecule has 4 rings (SSSR count). The average Bonchev–Trinajstić information content (AvgIpc) is 2.95. The summed E-state index contributed by atoms with van der Waals surface area (Å²) in [5, 5.41) is 1.03. The molecule has 30 heavy (non-hydrogen) atoms. The van der Waals surface area contributed by atoms with Gasteiger partial charge < -0.3 is 9.47 Å². The Bertz CT molecular complexity index is 1000. The highest BCUT2D eigenvalue weighted by Crippen LogP contribution is 2.43. The quantitative estimate of drug-likeness (QED) is 0.220. The Balaban J connectivity index is 1.75. The summed E-state index contributed by atoms with van der Waals surface area (Å²) >= 11 is 7.46. The number of thiophene rings is 1. The van der Waals surface area contributed by atoms with Gasteiger partial charge in [0.1, 0.15) is 18.1 Å². The van der Waals surface area contributed by atoms with Crippen LogP contribution in [-0.2, 0) is 0 Å². The fraction of sp³-hybridized carbons (Fsp3) is 0.400. The summed E-state index contributed by atoms with van der Waals surface area (Å²) in [5.41, 5.74) is 1.57. The molecule has 3 nitrogen and oxygen atoms in total. The van der Waals surface area contributed by atoms with Gasteiger partial charge >= 0.3 is 0 Å². The molecule has 0 atom stereocenters. The molecule has 0 saturated heterocycles. The molecule has 0 radical (unpaired) electrons. The number of rotatable bonds is 7. The van der Waals surface area contributed by atoms with Crippen molar-refractivity contribution in [3.63, 3.8) is 0 Å². The lowest BCUT2D eigenvalue weighted by atomic mass is 9.91.